The first-order valence-electron chi connectivity index (χ1n) is 12.8. The van der Waals surface area contributed by atoms with Crippen molar-refractivity contribution in [3.05, 3.63) is 89.2 Å². The van der Waals surface area contributed by atoms with E-state index in [2.05, 4.69) is 24.4 Å². The summed E-state index contributed by atoms with van der Waals surface area (Å²) in [5, 5.41) is 8.72. The van der Waals surface area contributed by atoms with Gasteiger partial charge in [0.1, 0.15) is 11.6 Å². The molecule has 1 aliphatic rings. The smallest absolute Gasteiger partial charge is 0.393 e. The monoisotopic (exact) mass is 582 g/mol. The van der Waals surface area contributed by atoms with E-state index in [1.165, 1.54) is 43.5 Å². The largest absolute Gasteiger partial charge is 0.467 e. The standard InChI is InChI=1S/C20H21FN4O2.C9H9FNO2S/c1-27-20-22-11-10-17(24-20)19-18(13-2-4-14(21)5-3-13)23-12-25(19)15-6-8-16(26)9-7-15;1-11-9(14(2,12)13)7-3-5-8(10)6-4-7/h2-5,10-12,15-16,26H,6-9H2,1H3;1,3-6,9H,2H3/q;+1. The van der Waals surface area contributed by atoms with Crippen LogP contribution in [-0.2, 0) is 9.84 Å². The second kappa shape index (κ2) is 13.0. The molecule has 1 atom stereocenters. The molecule has 2 aromatic carbocycles. The molecule has 5 rings (SSSR count). The molecule has 41 heavy (non-hydrogen) atoms. The molecule has 12 heteroatoms. The van der Waals surface area contributed by atoms with E-state index in [4.69, 9.17) is 11.3 Å². The first-order chi connectivity index (χ1) is 19.6. The minimum absolute atomic E-state index is 0.228. The van der Waals surface area contributed by atoms with Crippen LogP contribution in [0.15, 0.2) is 67.1 Å². The molecule has 1 fully saturated rings. The van der Waals surface area contributed by atoms with Crippen LogP contribution in [0.5, 0.6) is 6.01 Å². The van der Waals surface area contributed by atoms with E-state index in [9.17, 15) is 22.3 Å². The van der Waals surface area contributed by atoms with Crippen LogP contribution < -0.4 is 4.74 Å². The number of halogens is 2. The fourth-order valence-electron chi connectivity index (χ4n) is 4.69. The van der Waals surface area contributed by atoms with Gasteiger partial charge >= 0.3 is 11.4 Å². The van der Waals surface area contributed by atoms with Crippen molar-refractivity contribution in [2.24, 2.45) is 0 Å². The highest BCUT2D eigenvalue weighted by atomic mass is 32.2. The molecule has 0 amide bonds. The maximum absolute atomic E-state index is 13.4. The molecule has 0 bridgehead atoms. The highest BCUT2D eigenvalue weighted by Gasteiger charge is 2.31. The zero-order chi connectivity index (χ0) is 29.6. The molecule has 0 radical (unpaired) electrons. The van der Waals surface area contributed by atoms with Crippen LogP contribution in [0.4, 0.5) is 8.78 Å². The first-order valence-corrected chi connectivity index (χ1v) is 14.8. The van der Waals surface area contributed by atoms with Crippen LogP contribution in [0.1, 0.15) is 42.7 Å². The van der Waals surface area contributed by atoms with Crippen LogP contribution >= 0.6 is 0 Å². The first kappa shape index (κ1) is 29.8. The topological polar surface area (TPSA) is 112 Å². The Balaban J connectivity index is 0.000000234. The predicted molar refractivity (Wildman–Crippen MR) is 151 cm³/mol. The third-order valence-electron chi connectivity index (χ3n) is 6.73. The van der Waals surface area contributed by atoms with E-state index in [1.807, 2.05) is 12.4 Å². The van der Waals surface area contributed by atoms with Crippen LogP contribution in [0, 0.1) is 18.2 Å². The van der Waals surface area contributed by atoms with Crippen molar-refractivity contribution in [1.82, 2.24) is 19.5 Å². The number of aliphatic hydroxyl groups is 1. The van der Waals surface area contributed by atoms with Gasteiger partial charge in [0.15, 0.2) is 0 Å². The van der Waals surface area contributed by atoms with Crippen molar-refractivity contribution in [2.75, 3.05) is 13.4 Å². The fourth-order valence-corrected chi connectivity index (χ4v) is 5.56. The van der Waals surface area contributed by atoms with Crippen molar-refractivity contribution in [3.63, 3.8) is 0 Å². The minimum Gasteiger partial charge on any atom is -0.467 e. The van der Waals surface area contributed by atoms with Crippen molar-refractivity contribution < 1.29 is 27.0 Å². The number of methoxy groups -OCH3 is 1. The Morgan fingerprint density at radius 2 is 1.61 bits per heavy atom. The molecule has 0 aliphatic heterocycles. The van der Waals surface area contributed by atoms with Gasteiger partial charge in [-0.15, -0.1) is 0 Å². The van der Waals surface area contributed by atoms with E-state index in [0.29, 0.717) is 11.3 Å². The van der Waals surface area contributed by atoms with Crippen molar-refractivity contribution in [1.29, 1.82) is 0 Å². The number of benzene rings is 2. The lowest BCUT2D eigenvalue weighted by Gasteiger charge is -2.27. The number of imidazole rings is 1. The third kappa shape index (κ3) is 7.31. The molecule has 1 N–H and O–H groups in total. The van der Waals surface area contributed by atoms with Crippen LogP contribution in [0.3, 0.4) is 0 Å². The van der Waals surface area contributed by atoms with Crippen molar-refractivity contribution >= 4 is 9.84 Å². The number of aliphatic hydroxyl groups excluding tert-OH is 1. The van der Waals surface area contributed by atoms with Crippen LogP contribution in [0.25, 0.3) is 27.5 Å². The molecular formula is C29H30F2N5O4S+. The number of sulfone groups is 1. The van der Waals surface area contributed by atoms with Gasteiger partial charge in [-0.05, 0) is 80.3 Å². The Bertz CT molecular complexity index is 1610. The number of nitrogens with zero attached hydrogens (tertiary/aromatic N) is 5. The molecule has 1 aliphatic carbocycles. The summed E-state index contributed by atoms with van der Waals surface area (Å²) < 4.78 is 55.6. The summed E-state index contributed by atoms with van der Waals surface area (Å²) in [4.78, 5) is 16.4. The fraction of sp³-hybridized carbons (Fsp3) is 0.310. The SMILES string of the molecule is C#[N+]C(c1ccc(F)cc1)S(C)(=O)=O.COc1nccc(-c2c(-c3ccc(F)cc3)ncn2C2CCC(O)CC2)n1. The second-order valence-electron chi connectivity index (χ2n) is 9.63. The summed E-state index contributed by atoms with van der Waals surface area (Å²) in [7, 11) is -1.87. The van der Waals surface area contributed by atoms with Gasteiger partial charge in [-0.25, -0.2) is 27.2 Å². The van der Waals surface area contributed by atoms with E-state index >= 15 is 0 Å². The lowest BCUT2D eigenvalue weighted by atomic mass is 9.92. The number of hydrogen-bond donors (Lipinski definition) is 1. The minimum atomic E-state index is -3.39. The Morgan fingerprint density at radius 3 is 2.17 bits per heavy atom. The molecule has 4 aromatic rings. The third-order valence-corrected chi connectivity index (χ3v) is 7.93. The maximum Gasteiger partial charge on any atom is 0.393 e. The normalized spacial score (nSPS) is 17.6. The van der Waals surface area contributed by atoms with Crippen LogP contribution in [0.2, 0.25) is 0 Å². The van der Waals surface area contributed by atoms with E-state index in [-0.39, 0.29) is 24.0 Å². The molecule has 1 unspecified atom stereocenters. The molecule has 2 heterocycles. The van der Waals surface area contributed by atoms with Gasteiger partial charge in [0.25, 0.3) is 6.57 Å². The highest BCUT2D eigenvalue weighted by Crippen LogP contribution is 2.37. The summed E-state index contributed by atoms with van der Waals surface area (Å²) in [6.07, 6.45) is 7.53. The van der Waals surface area contributed by atoms with Crippen molar-refractivity contribution in [2.45, 2.75) is 43.2 Å². The summed E-state index contributed by atoms with van der Waals surface area (Å²) in [5.74, 6) is -0.720. The Morgan fingerprint density at radius 1 is 1.00 bits per heavy atom. The van der Waals surface area contributed by atoms with Gasteiger partial charge in [0.05, 0.1) is 42.2 Å². The van der Waals surface area contributed by atoms with E-state index in [1.54, 1.807) is 18.3 Å². The summed E-state index contributed by atoms with van der Waals surface area (Å²) in [5.41, 5.74) is 3.46. The number of hydrogen-bond acceptors (Lipinski definition) is 7. The second-order valence-corrected chi connectivity index (χ2v) is 11.7. The van der Waals surface area contributed by atoms with Gasteiger partial charge in [-0.1, -0.05) is 4.85 Å². The molecule has 0 spiro atoms. The average molecular weight is 583 g/mol. The summed E-state index contributed by atoms with van der Waals surface area (Å²) in [6.45, 7) is 4.98. The van der Waals surface area contributed by atoms with Crippen molar-refractivity contribution in [3.8, 4) is 35.2 Å². The lowest BCUT2D eigenvalue weighted by molar-refractivity contribution is 0.111. The Kier molecular flexibility index (Phi) is 9.42. The average Bonchev–Trinajstić information content (AvgIpc) is 3.40. The van der Waals surface area contributed by atoms with Gasteiger partial charge in [-0.3, -0.25) is 0 Å². The van der Waals surface area contributed by atoms with Gasteiger partial charge in [0.2, 0.25) is 9.84 Å². The molecule has 0 saturated heterocycles. The zero-order valence-electron chi connectivity index (χ0n) is 22.6. The molecule has 9 nitrogen and oxygen atoms in total. The van der Waals surface area contributed by atoms with E-state index < -0.39 is 21.0 Å². The lowest BCUT2D eigenvalue weighted by Crippen LogP contribution is -2.21. The summed E-state index contributed by atoms with van der Waals surface area (Å²) >= 11 is 0. The molecule has 2 aromatic heterocycles. The predicted octanol–water partition coefficient (Wildman–Crippen LogP) is 5.46. The van der Waals surface area contributed by atoms with Gasteiger partial charge in [0, 0.05) is 24.1 Å². The summed E-state index contributed by atoms with van der Waals surface area (Å²) in [6, 6.07) is 13.6. The maximum atomic E-state index is 13.4. The highest BCUT2D eigenvalue weighted by molar-refractivity contribution is 7.91. The number of aromatic nitrogens is 4. The van der Waals surface area contributed by atoms with Crippen LogP contribution in [-0.4, -0.2) is 52.5 Å². The van der Waals surface area contributed by atoms with Gasteiger partial charge < -0.3 is 14.4 Å². The molecule has 214 valence electrons. The zero-order valence-corrected chi connectivity index (χ0v) is 23.4. The Labute approximate surface area is 237 Å². The Hall–Kier alpha value is -4.21. The number of rotatable bonds is 6. The number of ether oxygens (including phenoxy) is 1. The quantitative estimate of drug-likeness (QED) is 0.321. The molecular weight excluding hydrogens is 552 g/mol. The van der Waals surface area contributed by atoms with E-state index in [0.717, 1.165) is 48.9 Å². The van der Waals surface area contributed by atoms with Gasteiger partial charge in [-0.2, -0.15) is 4.98 Å². The molecule has 1 saturated carbocycles.